The van der Waals surface area contributed by atoms with Crippen molar-refractivity contribution in [1.29, 1.82) is 0 Å². The van der Waals surface area contributed by atoms with Gasteiger partial charge in [-0.05, 0) is 32.9 Å². The fraction of sp³-hybridized carbons (Fsp3) is 0.538. The van der Waals surface area contributed by atoms with E-state index >= 15 is 0 Å². The molecule has 1 aromatic carbocycles. The highest BCUT2D eigenvalue weighted by atomic mass is 16.5. The van der Waals surface area contributed by atoms with E-state index in [0.717, 1.165) is 16.9 Å². The summed E-state index contributed by atoms with van der Waals surface area (Å²) in [5.74, 6) is 0.808. The molecule has 2 nitrogen and oxygen atoms in total. The molecule has 15 heavy (non-hydrogen) atoms. The monoisotopic (exact) mass is 208 g/mol. The average Bonchev–Trinajstić information content (AvgIpc) is 2.43. The normalized spacial score (nSPS) is 21.1. The Balaban J connectivity index is 0.000000531. The van der Waals surface area contributed by atoms with Crippen LogP contribution >= 0.6 is 0 Å². The van der Waals surface area contributed by atoms with E-state index in [1.165, 1.54) is 0 Å². The molecule has 0 saturated carbocycles. The molecule has 84 valence electrons. The van der Waals surface area contributed by atoms with Crippen molar-refractivity contribution < 1.29 is 9.84 Å². The van der Waals surface area contributed by atoms with Crippen LogP contribution in [0.25, 0.3) is 0 Å². The standard InChI is InChI=1S/C11H14O2.C2H6/c1-7-4-5-9-8(6-7)10(12)11(2,3)13-9;1-2/h4-6,10,12H,1-3H3;1-2H3. The zero-order valence-corrected chi connectivity index (χ0v) is 10.2. The van der Waals surface area contributed by atoms with Gasteiger partial charge >= 0.3 is 0 Å². The van der Waals surface area contributed by atoms with Crippen LogP contribution in [0.5, 0.6) is 5.75 Å². The number of fused-ring (bicyclic) bond motifs is 1. The van der Waals surface area contributed by atoms with Crippen molar-refractivity contribution in [1.82, 2.24) is 0 Å². The van der Waals surface area contributed by atoms with Gasteiger partial charge in [0.25, 0.3) is 0 Å². The first-order chi connectivity index (χ1) is 7.00. The summed E-state index contributed by atoms with van der Waals surface area (Å²) in [5, 5.41) is 9.91. The number of aliphatic hydroxyl groups excluding tert-OH is 1. The number of aliphatic hydroxyl groups is 1. The first-order valence-electron chi connectivity index (χ1n) is 5.48. The van der Waals surface area contributed by atoms with Crippen LogP contribution in [-0.4, -0.2) is 10.7 Å². The van der Waals surface area contributed by atoms with Gasteiger partial charge in [0, 0.05) is 5.56 Å². The first kappa shape index (κ1) is 12.1. The maximum absolute atomic E-state index is 9.91. The molecule has 1 aliphatic rings. The van der Waals surface area contributed by atoms with Crippen LogP contribution < -0.4 is 4.74 Å². The Morgan fingerprint density at radius 1 is 1.27 bits per heavy atom. The predicted octanol–water partition coefficient (Wildman–Crippen LogP) is 3.23. The van der Waals surface area contributed by atoms with Gasteiger partial charge in [-0.1, -0.05) is 25.5 Å². The van der Waals surface area contributed by atoms with Crippen molar-refractivity contribution in [2.45, 2.75) is 46.3 Å². The van der Waals surface area contributed by atoms with Gasteiger partial charge in [-0.3, -0.25) is 0 Å². The van der Waals surface area contributed by atoms with Crippen molar-refractivity contribution in [3.8, 4) is 5.75 Å². The Morgan fingerprint density at radius 3 is 2.47 bits per heavy atom. The van der Waals surface area contributed by atoms with E-state index in [-0.39, 0.29) is 0 Å². The van der Waals surface area contributed by atoms with Gasteiger partial charge < -0.3 is 9.84 Å². The van der Waals surface area contributed by atoms with Crippen molar-refractivity contribution in [2.75, 3.05) is 0 Å². The molecule has 0 saturated heterocycles. The van der Waals surface area contributed by atoms with Crippen LogP contribution in [-0.2, 0) is 0 Å². The second-order valence-corrected chi connectivity index (χ2v) is 4.15. The molecular formula is C13H20O2. The first-order valence-corrected chi connectivity index (χ1v) is 5.48. The summed E-state index contributed by atoms with van der Waals surface area (Å²) in [6.45, 7) is 9.80. The lowest BCUT2D eigenvalue weighted by Crippen LogP contribution is -2.29. The minimum Gasteiger partial charge on any atom is -0.484 e. The summed E-state index contributed by atoms with van der Waals surface area (Å²) in [4.78, 5) is 0. The lowest BCUT2D eigenvalue weighted by atomic mass is 9.97. The molecule has 2 rings (SSSR count). The van der Waals surface area contributed by atoms with E-state index in [1.54, 1.807) is 0 Å². The SMILES string of the molecule is CC.Cc1ccc2c(c1)C(O)C(C)(C)O2. The Morgan fingerprint density at radius 2 is 1.87 bits per heavy atom. The smallest absolute Gasteiger partial charge is 0.133 e. The van der Waals surface area contributed by atoms with Crippen LogP contribution in [0.4, 0.5) is 0 Å². The zero-order valence-electron chi connectivity index (χ0n) is 10.2. The highest BCUT2D eigenvalue weighted by Gasteiger charge is 2.39. The zero-order chi connectivity index (χ0) is 11.6. The number of hydrogen-bond acceptors (Lipinski definition) is 2. The van der Waals surface area contributed by atoms with Gasteiger partial charge in [0.05, 0.1) is 0 Å². The number of aryl methyl sites for hydroxylation is 1. The lowest BCUT2D eigenvalue weighted by molar-refractivity contribution is 0.000550. The molecule has 0 bridgehead atoms. The Bertz CT molecular complexity index is 342. The second kappa shape index (κ2) is 4.23. The molecule has 1 unspecified atom stereocenters. The average molecular weight is 208 g/mol. The number of benzene rings is 1. The molecule has 1 aromatic rings. The van der Waals surface area contributed by atoms with E-state index in [0.29, 0.717) is 0 Å². The molecule has 1 aliphatic heterocycles. The second-order valence-electron chi connectivity index (χ2n) is 4.15. The summed E-state index contributed by atoms with van der Waals surface area (Å²) < 4.78 is 5.61. The molecule has 1 atom stereocenters. The molecule has 1 heterocycles. The van der Waals surface area contributed by atoms with Gasteiger partial charge in [0.2, 0.25) is 0 Å². The molecule has 0 radical (unpaired) electrons. The highest BCUT2D eigenvalue weighted by molar-refractivity contribution is 5.43. The topological polar surface area (TPSA) is 29.5 Å². The van der Waals surface area contributed by atoms with Gasteiger partial charge in [0.1, 0.15) is 17.5 Å². The molecule has 2 heteroatoms. The number of ether oxygens (including phenoxy) is 1. The van der Waals surface area contributed by atoms with E-state index in [9.17, 15) is 5.11 Å². The predicted molar refractivity (Wildman–Crippen MR) is 62.2 cm³/mol. The van der Waals surface area contributed by atoms with E-state index in [2.05, 4.69) is 0 Å². The maximum atomic E-state index is 9.91. The number of hydrogen-bond donors (Lipinski definition) is 1. The van der Waals surface area contributed by atoms with E-state index < -0.39 is 11.7 Å². The Kier molecular flexibility index (Phi) is 3.40. The molecule has 0 fully saturated rings. The van der Waals surface area contributed by atoms with Gasteiger partial charge in [-0.15, -0.1) is 0 Å². The molecule has 0 spiro atoms. The van der Waals surface area contributed by atoms with Crippen LogP contribution in [0, 0.1) is 6.92 Å². The minimum absolute atomic E-state index is 0.490. The summed E-state index contributed by atoms with van der Waals surface area (Å²) >= 11 is 0. The quantitative estimate of drug-likeness (QED) is 0.709. The minimum atomic E-state index is -0.512. The summed E-state index contributed by atoms with van der Waals surface area (Å²) in [6, 6.07) is 5.89. The highest BCUT2D eigenvalue weighted by Crippen LogP contribution is 2.42. The maximum Gasteiger partial charge on any atom is 0.133 e. The third kappa shape index (κ3) is 2.15. The lowest BCUT2D eigenvalue weighted by Gasteiger charge is -2.21. The van der Waals surface area contributed by atoms with Crippen LogP contribution in [0.3, 0.4) is 0 Å². The summed E-state index contributed by atoms with van der Waals surface area (Å²) in [7, 11) is 0. The van der Waals surface area contributed by atoms with E-state index in [4.69, 9.17) is 4.74 Å². The van der Waals surface area contributed by atoms with Gasteiger partial charge in [-0.25, -0.2) is 0 Å². The third-order valence-electron chi connectivity index (χ3n) is 2.49. The van der Waals surface area contributed by atoms with Crippen molar-refractivity contribution in [3.63, 3.8) is 0 Å². The molecule has 0 aromatic heterocycles. The fourth-order valence-corrected chi connectivity index (χ4v) is 1.69. The Hall–Kier alpha value is -1.02. The van der Waals surface area contributed by atoms with Crippen molar-refractivity contribution in [2.24, 2.45) is 0 Å². The van der Waals surface area contributed by atoms with Crippen LogP contribution in [0.1, 0.15) is 44.9 Å². The summed E-state index contributed by atoms with van der Waals surface area (Å²) in [6.07, 6.45) is -0.512. The van der Waals surface area contributed by atoms with Crippen LogP contribution in [0.15, 0.2) is 18.2 Å². The Labute approximate surface area is 91.9 Å². The molecule has 0 aliphatic carbocycles. The van der Waals surface area contributed by atoms with Gasteiger partial charge in [0.15, 0.2) is 0 Å². The van der Waals surface area contributed by atoms with Crippen LogP contribution in [0.2, 0.25) is 0 Å². The van der Waals surface area contributed by atoms with Gasteiger partial charge in [-0.2, -0.15) is 0 Å². The van der Waals surface area contributed by atoms with Crippen molar-refractivity contribution in [3.05, 3.63) is 29.3 Å². The molecular weight excluding hydrogens is 188 g/mol. The summed E-state index contributed by atoms with van der Waals surface area (Å²) in [5.41, 5.74) is 1.57. The number of rotatable bonds is 0. The van der Waals surface area contributed by atoms with E-state index in [1.807, 2.05) is 52.8 Å². The molecule has 0 amide bonds. The molecule has 1 N–H and O–H groups in total. The third-order valence-corrected chi connectivity index (χ3v) is 2.49. The van der Waals surface area contributed by atoms with Crippen molar-refractivity contribution >= 4 is 0 Å². The largest absolute Gasteiger partial charge is 0.484 e. The fourth-order valence-electron chi connectivity index (χ4n) is 1.69.